The minimum atomic E-state index is -0.00592. The summed E-state index contributed by atoms with van der Waals surface area (Å²) in [6.45, 7) is 0.894. The maximum atomic E-state index is 13.0. The number of ether oxygens (including phenoxy) is 2. The summed E-state index contributed by atoms with van der Waals surface area (Å²) in [5.41, 5.74) is 4.10. The second-order valence-electron chi connectivity index (χ2n) is 7.21. The number of methoxy groups -OCH3 is 1. The van der Waals surface area contributed by atoms with Crippen LogP contribution in [0.3, 0.4) is 0 Å². The fraction of sp³-hybridized carbons (Fsp3) is 0.192. The van der Waals surface area contributed by atoms with Crippen LogP contribution >= 0.6 is 0 Å². The van der Waals surface area contributed by atoms with Gasteiger partial charge in [-0.15, -0.1) is 0 Å². The van der Waals surface area contributed by atoms with Gasteiger partial charge in [0, 0.05) is 18.0 Å². The minimum Gasteiger partial charge on any atom is -0.496 e. The second-order valence-corrected chi connectivity index (χ2v) is 7.21. The first-order chi connectivity index (χ1) is 14.7. The molecule has 0 amide bonds. The highest BCUT2D eigenvalue weighted by molar-refractivity contribution is 5.97. The molecule has 4 rings (SSSR count). The third-order valence-electron chi connectivity index (χ3n) is 5.43. The summed E-state index contributed by atoms with van der Waals surface area (Å²) in [6.07, 6.45) is 0.742. The lowest BCUT2D eigenvalue weighted by Gasteiger charge is -2.18. The molecule has 0 radical (unpaired) electrons. The molecule has 0 bridgehead atoms. The summed E-state index contributed by atoms with van der Waals surface area (Å²) in [6, 6.07) is 25.9. The van der Waals surface area contributed by atoms with Gasteiger partial charge in [0.25, 0.3) is 5.56 Å². The molecule has 0 atom stereocenters. The number of hydrogen-bond acceptors (Lipinski definition) is 3. The van der Waals surface area contributed by atoms with Crippen molar-refractivity contribution in [2.75, 3.05) is 13.7 Å². The summed E-state index contributed by atoms with van der Waals surface area (Å²) < 4.78 is 13.2. The molecule has 4 heteroatoms. The molecular weight excluding hydrogens is 374 g/mol. The van der Waals surface area contributed by atoms with Gasteiger partial charge in [0.05, 0.1) is 26.0 Å². The maximum absolute atomic E-state index is 13.0. The summed E-state index contributed by atoms with van der Waals surface area (Å²) in [5.74, 6) is 0.865. The Morgan fingerprint density at radius 2 is 1.50 bits per heavy atom. The SMILES string of the molecule is COc1ccccc1CCOCc1c(-c2ccccc2)c2ccccc2c(=O)n1C. The molecule has 0 unspecified atom stereocenters. The van der Waals surface area contributed by atoms with Crippen LogP contribution in [0.5, 0.6) is 5.75 Å². The van der Waals surface area contributed by atoms with Gasteiger partial charge in [-0.25, -0.2) is 0 Å². The molecule has 0 aliphatic carbocycles. The van der Waals surface area contributed by atoms with E-state index in [4.69, 9.17) is 9.47 Å². The van der Waals surface area contributed by atoms with Crippen LogP contribution in [0.4, 0.5) is 0 Å². The molecular formula is C26H25NO3. The third-order valence-corrected chi connectivity index (χ3v) is 5.43. The molecule has 0 spiro atoms. The Bertz CT molecular complexity index is 1210. The quantitative estimate of drug-likeness (QED) is 0.412. The standard InChI is InChI=1S/C26H25NO3/c1-27-23(18-30-17-16-19-10-6-9-15-24(19)29-2)25(20-11-4-3-5-12-20)21-13-7-8-14-22(21)26(27)28/h3-15H,16-18H2,1-2H3. The predicted molar refractivity (Wildman–Crippen MR) is 121 cm³/mol. The van der Waals surface area contributed by atoms with E-state index < -0.39 is 0 Å². The minimum absolute atomic E-state index is 0.00592. The molecule has 30 heavy (non-hydrogen) atoms. The van der Waals surface area contributed by atoms with Crippen molar-refractivity contribution in [3.63, 3.8) is 0 Å². The van der Waals surface area contributed by atoms with E-state index >= 15 is 0 Å². The zero-order valence-electron chi connectivity index (χ0n) is 17.3. The molecule has 0 saturated carbocycles. The van der Waals surface area contributed by atoms with Crippen molar-refractivity contribution >= 4 is 10.8 Å². The average Bonchev–Trinajstić information content (AvgIpc) is 2.80. The Labute approximate surface area is 176 Å². The number of aromatic nitrogens is 1. The summed E-state index contributed by atoms with van der Waals surface area (Å²) in [4.78, 5) is 13.0. The Balaban J connectivity index is 1.66. The van der Waals surface area contributed by atoms with Crippen molar-refractivity contribution in [2.24, 2.45) is 7.05 Å². The van der Waals surface area contributed by atoms with Gasteiger partial charge in [-0.2, -0.15) is 0 Å². The van der Waals surface area contributed by atoms with Crippen LogP contribution in [-0.4, -0.2) is 18.3 Å². The summed E-state index contributed by atoms with van der Waals surface area (Å²) in [7, 11) is 3.50. The molecule has 1 aromatic heterocycles. The van der Waals surface area contributed by atoms with Crippen molar-refractivity contribution in [2.45, 2.75) is 13.0 Å². The lowest BCUT2D eigenvalue weighted by Crippen LogP contribution is -2.22. The highest BCUT2D eigenvalue weighted by atomic mass is 16.5. The van der Waals surface area contributed by atoms with E-state index in [1.54, 1.807) is 11.7 Å². The Kier molecular flexibility index (Phi) is 5.96. The fourth-order valence-electron chi connectivity index (χ4n) is 3.87. The van der Waals surface area contributed by atoms with Gasteiger partial charge in [-0.3, -0.25) is 4.79 Å². The van der Waals surface area contributed by atoms with Gasteiger partial charge in [-0.1, -0.05) is 66.7 Å². The molecule has 0 aliphatic rings. The van der Waals surface area contributed by atoms with E-state index in [1.165, 1.54) is 0 Å². The largest absolute Gasteiger partial charge is 0.496 e. The van der Waals surface area contributed by atoms with Crippen molar-refractivity contribution < 1.29 is 9.47 Å². The van der Waals surface area contributed by atoms with Crippen molar-refractivity contribution in [3.05, 3.63) is 100 Å². The predicted octanol–water partition coefficient (Wildman–Crippen LogP) is 4.97. The number of hydrogen-bond donors (Lipinski definition) is 0. The van der Waals surface area contributed by atoms with E-state index in [0.717, 1.165) is 45.3 Å². The van der Waals surface area contributed by atoms with Crippen molar-refractivity contribution in [3.8, 4) is 16.9 Å². The molecule has 152 valence electrons. The van der Waals surface area contributed by atoms with Crippen LogP contribution in [0, 0.1) is 0 Å². The molecule has 1 heterocycles. The maximum Gasteiger partial charge on any atom is 0.258 e. The number of fused-ring (bicyclic) bond motifs is 1. The van der Waals surface area contributed by atoms with Crippen LogP contribution in [0.2, 0.25) is 0 Å². The molecule has 0 fully saturated rings. The van der Waals surface area contributed by atoms with E-state index in [1.807, 2.05) is 73.8 Å². The van der Waals surface area contributed by atoms with E-state index in [0.29, 0.717) is 13.2 Å². The number of pyridine rings is 1. The van der Waals surface area contributed by atoms with Crippen LogP contribution in [-0.2, 0) is 24.8 Å². The molecule has 0 aliphatic heterocycles. The molecule has 4 aromatic rings. The van der Waals surface area contributed by atoms with Crippen LogP contribution in [0.15, 0.2) is 83.7 Å². The fourth-order valence-corrected chi connectivity index (χ4v) is 3.87. The van der Waals surface area contributed by atoms with Crippen LogP contribution in [0.1, 0.15) is 11.3 Å². The van der Waals surface area contributed by atoms with Gasteiger partial charge in [-0.05, 0) is 35.1 Å². The van der Waals surface area contributed by atoms with Gasteiger partial charge in [0.2, 0.25) is 0 Å². The lowest BCUT2D eigenvalue weighted by atomic mass is 9.97. The molecule has 4 nitrogen and oxygen atoms in total. The summed E-state index contributed by atoms with van der Waals surface area (Å²) in [5, 5.41) is 1.67. The number of rotatable bonds is 7. The Morgan fingerprint density at radius 1 is 0.833 bits per heavy atom. The van der Waals surface area contributed by atoms with Crippen molar-refractivity contribution in [1.82, 2.24) is 4.57 Å². The monoisotopic (exact) mass is 399 g/mol. The second kappa shape index (κ2) is 8.97. The Morgan fingerprint density at radius 3 is 2.27 bits per heavy atom. The highest BCUT2D eigenvalue weighted by Gasteiger charge is 2.16. The van der Waals surface area contributed by atoms with E-state index in [-0.39, 0.29) is 5.56 Å². The summed E-state index contributed by atoms with van der Waals surface area (Å²) >= 11 is 0. The first kappa shape index (κ1) is 19.9. The number of para-hydroxylation sites is 1. The van der Waals surface area contributed by atoms with E-state index in [9.17, 15) is 4.79 Å². The molecule has 3 aromatic carbocycles. The average molecular weight is 399 g/mol. The zero-order chi connectivity index (χ0) is 20.9. The molecule has 0 saturated heterocycles. The Hall–Kier alpha value is -3.37. The number of nitrogens with zero attached hydrogens (tertiary/aromatic N) is 1. The van der Waals surface area contributed by atoms with Crippen LogP contribution < -0.4 is 10.3 Å². The van der Waals surface area contributed by atoms with Gasteiger partial charge < -0.3 is 14.0 Å². The zero-order valence-corrected chi connectivity index (χ0v) is 17.3. The van der Waals surface area contributed by atoms with Crippen molar-refractivity contribution in [1.29, 1.82) is 0 Å². The van der Waals surface area contributed by atoms with Gasteiger partial charge in [0.15, 0.2) is 0 Å². The lowest BCUT2D eigenvalue weighted by molar-refractivity contribution is 0.119. The first-order valence-electron chi connectivity index (χ1n) is 10.1. The molecule has 0 N–H and O–H groups in total. The van der Waals surface area contributed by atoms with Crippen LogP contribution in [0.25, 0.3) is 21.9 Å². The normalized spacial score (nSPS) is 11.0. The first-order valence-corrected chi connectivity index (χ1v) is 10.1. The highest BCUT2D eigenvalue weighted by Crippen LogP contribution is 2.30. The smallest absolute Gasteiger partial charge is 0.258 e. The van der Waals surface area contributed by atoms with E-state index in [2.05, 4.69) is 12.1 Å². The topological polar surface area (TPSA) is 40.5 Å². The third kappa shape index (κ3) is 3.87. The van der Waals surface area contributed by atoms with Gasteiger partial charge >= 0.3 is 0 Å². The van der Waals surface area contributed by atoms with Gasteiger partial charge in [0.1, 0.15) is 5.75 Å². The number of benzene rings is 3.